The summed E-state index contributed by atoms with van der Waals surface area (Å²) in [6, 6.07) is 11.9. The molecule has 3 aromatic rings. The average Bonchev–Trinajstić information content (AvgIpc) is 3.27. The maximum absolute atomic E-state index is 12.3. The van der Waals surface area contributed by atoms with Gasteiger partial charge in [0.2, 0.25) is 5.89 Å². The lowest BCUT2D eigenvalue weighted by atomic mass is 10.2. The summed E-state index contributed by atoms with van der Waals surface area (Å²) in [7, 11) is 1.68. The van der Waals surface area contributed by atoms with E-state index in [1.165, 1.54) is 6.26 Å². The Morgan fingerprint density at radius 3 is 2.83 bits per heavy atom. The highest BCUT2D eigenvalue weighted by Gasteiger charge is 2.20. The summed E-state index contributed by atoms with van der Waals surface area (Å²) >= 11 is 0. The van der Waals surface area contributed by atoms with Gasteiger partial charge in [0.05, 0.1) is 13.7 Å². The highest BCUT2D eigenvalue weighted by Crippen LogP contribution is 2.22. The molecule has 4 rings (SSSR count). The monoisotopic (exact) mass is 407 g/mol. The number of nitrogens with zero attached hydrogens (tertiary/aromatic N) is 4. The third-order valence-corrected chi connectivity index (χ3v) is 5.11. The number of pyridine rings is 1. The zero-order valence-corrected chi connectivity index (χ0v) is 17.0. The number of carbonyl (C=O) groups excluding carboxylic acids is 1. The number of anilines is 1. The number of benzene rings is 1. The van der Waals surface area contributed by atoms with Crippen LogP contribution in [0.2, 0.25) is 0 Å². The van der Waals surface area contributed by atoms with Gasteiger partial charge in [0.1, 0.15) is 12.0 Å². The highest BCUT2D eigenvalue weighted by molar-refractivity contribution is 5.91. The molecule has 1 aromatic carbocycles. The van der Waals surface area contributed by atoms with Gasteiger partial charge >= 0.3 is 0 Å². The number of oxazole rings is 1. The molecule has 156 valence electrons. The van der Waals surface area contributed by atoms with Crippen molar-refractivity contribution < 1.29 is 13.9 Å². The molecule has 30 heavy (non-hydrogen) atoms. The minimum Gasteiger partial charge on any atom is -0.497 e. The van der Waals surface area contributed by atoms with Crippen LogP contribution in [0.5, 0.6) is 5.75 Å². The molecule has 1 fully saturated rings. The molecule has 0 spiro atoms. The number of piperazine rings is 1. The number of hydrogen-bond donors (Lipinski definition) is 1. The van der Waals surface area contributed by atoms with Crippen LogP contribution in [0.1, 0.15) is 21.9 Å². The Morgan fingerprint density at radius 2 is 2.07 bits per heavy atom. The van der Waals surface area contributed by atoms with Gasteiger partial charge in [0.25, 0.3) is 5.91 Å². The predicted octanol–water partition coefficient (Wildman–Crippen LogP) is 2.33. The molecule has 0 unspecified atom stereocenters. The largest absolute Gasteiger partial charge is 0.497 e. The number of methoxy groups -OCH3 is 1. The first-order valence-electron chi connectivity index (χ1n) is 9.94. The van der Waals surface area contributed by atoms with E-state index in [-0.39, 0.29) is 5.91 Å². The Bertz CT molecular complexity index is 968. The van der Waals surface area contributed by atoms with Crippen molar-refractivity contribution in [2.45, 2.75) is 13.1 Å². The normalized spacial score (nSPS) is 14.5. The van der Waals surface area contributed by atoms with E-state index in [9.17, 15) is 4.79 Å². The van der Waals surface area contributed by atoms with Gasteiger partial charge in [-0.15, -0.1) is 0 Å². The Kier molecular flexibility index (Phi) is 6.24. The minimum atomic E-state index is -0.253. The molecule has 1 aliphatic heterocycles. The highest BCUT2D eigenvalue weighted by atomic mass is 16.5. The van der Waals surface area contributed by atoms with Crippen LogP contribution >= 0.6 is 0 Å². The van der Waals surface area contributed by atoms with Crippen LogP contribution in [0.3, 0.4) is 0 Å². The SMILES string of the molecule is COc1cccc(N2CCN(Cc3nc(C(=O)NCc4cccnc4)co3)CC2)c1. The van der Waals surface area contributed by atoms with Crippen LogP contribution in [-0.2, 0) is 13.1 Å². The van der Waals surface area contributed by atoms with Crippen molar-refractivity contribution in [3.8, 4) is 5.75 Å². The molecular formula is C22H25N5O3. The van der Waals surface area contributed by atoms with Crippen molar-refractivity contribution >= 4 is 11.6 Å². The second-order valence-electron chi connectivity index (χ2n) is 7.14. The van der Waals surface area contributed by atoms with E-state index >= 15 is 0 Å². The van der Waals surface area contributed by atoms with Crippen LogP contribution < -0.4 is 15.0 Å². The number of rotatable bonds is 7. The van der Waals surface area contributed by atoms with E-state index in [0.29, 0.717) is 24.7 Å². The molecule has 3 heterocycles. The molecule has 1 amide bonds. The lowest BCUT2D eigenvalue weighted by molar-refractivity contribution is 0.0945. The van der Waals surface area contributed by atoms with Gasteiger partial charge in [-0.05, 0) is 23.8 Å². The van der Waals surface area contributed by atoms with E-state index in [1.807, 2.05) is 24.3 Å². The molecule has 0 saturated carbocycles. The smallest absolute Gasteiger partial charge is 0.273 e. The summed E-state index contributed by atoms with van der Waals surface area (Å²) < 4.78 is 10.8. The Balaban J connectivity index is 1.26. The number of aromatic nitrogens is 2. The van der Waals surface area contributed by atoms with Crippen molar-refractivity contribution in [2.75, 3.05) is 38.2 Å². The summed E-state index contributed by atoms with van der Waals surface area (Å²) in [5.74, 6) is 1.16. The van der Waals surface area contributed by atoms with E-state index < -0.39 is 0 Å². The van der Waals surface area contributed by atoms with Gasteiger partial charge in [0.15, 0.2) is 5.69 Å². The van der Waals surface area contributed by atoms with Crippen LogP contribution in [0.15, 0.2) is 59.5 Å². The molecule has 0 atom stereocenters. The van der Waals surface area contributed by atoms with Crippen molar-refractivity contribution in [2.24, 2.45) is 0 Å². The van der Waals surface area contributed by atoms with E-state index in [0.717, 1.165) is 43.2 Å². The predicted molar refractivity (Wildman–Crippen MR) is 112 cm³/mol. The molecule has 0 radical (unpaired) electrons. The standard InChI is InChI=1S/C22H25N5O3/c1-29-19-6-2-5-18(12-19)27-10-8-26(9-11-27)15-21-25-20(16-30-21)22(28)24-14-17-4-3-7-23-13-17/h2-7,12-13,16H,8-11,14-15H2,1H3,(H,24,28). The summed E-state index contributed by atoms with van der Waals surface area (Å²) in [5.41, 5.74) is 2.39. The molecule has 1 N–H and O–H groups in total. The van der Waals surface area contributed by atoms with Crippen molar-refractivity contribution in [3.63, 3.8) is 0 Å². The number of carbonyl (C=O) groups is 1. The van der Waals surface area contributed by atoms with Crippen LogP contribution in [0.4, 0.5) is 5.69 Å². The first kappa shape index (κ1) is 19.9. The minimum absolute atomic E-state index is 0.253. The van der Waals surface area contributed by atoms with E-state index in [2.05, 4.69) is 37.2 Å². The van der Waals surface area contributed by atoms with Gasteiger partial charge < -0.3 is 19.4 Å². The third kappa shape index (κ3) is 4.96. The lowest BCUT2D eigenvalue weighted by Gasteiger charge is -2.35. The van der Waals surface area contributed by atoms with Gasteiger partial charge in [-0.1, -0.05) is 12.1 Å². The maximum atomic E-state index is 12.3. The number of amides is 1. The fourth-order valence-corrected chi connectivity index (χ4v) is 3.43. The van der Waals surface area contributed by atoms with Crippen LogP contribution in [0.25, 0.3) is 0 Å². The van der Waals surface area contributed by atoms with Crippen LogP contribution in [-0.4, -0.2) is 54.1 Å². The number of nitrogens with one attached hydrogen (secondary N) is 1. The molecular weight excluding hydrogens is 382 g/mol. The topological polar surface area (TPSA) is 83.7 Å². The first-order chi connectivity index (χ1) is 14.7. The summed E-state index contributed by atoms with van der Waals surface area (Å²) in [5, 5.41) is 2.83. The Hall–Kier alpha value is -3.39. The first-order valence-corrected chi connectivity index (χ1v) is 9.94. The second kappa shape index (κ2) is 9.41. The van der Waals surface area contributed by atoms with Gasteiger partial charge in [0, 0.05) is 56.9 Å². The van der Waals surface area contributed by atoms with Gasteiger partial charge in [-0.25, -0.2) is 4.98 Å². The zero-order valence-electron chi connectivity index (χ0n) is 17.0. The molecule has 2 aromatic heterocycles. The summed E-state index contributed by atoms with van der Waals surface area (Å²) in [6.45, 7) is 4.59. The molecule has 1 aliphatic rings. The molecule has 0 bridgehead atoms. The molecule has 0 aliphatic carbocycles. The maximum Gasteiger partial charge on any atom is 0.273 e. The fraction of sp³-hybridized carbons (Fsp3) is 0.318. The lowest BCUT2D eigenvalue weighted by Crippen LogP contribution is -2.46. The molecule has 1 saturated heterocycles. The molecule has 8 nitrogen and oxygen atoms in total. The van der Waals surface area contributed by atoms with E-state index in [4.69, 9.17) is 9.15 Å². The Morgan fingerprint density at radius 1 is 1.20 bits per heavy atom. The quantitative estimate of drug-likeness (QED) is 0.643. The third-order valence-electron chi connectivity index (χ3n) is 5.11. The summed E-state index contributed by atoms with van der Waals surface area (Å²) in [4.78, 5) is 25.3. The van der Waals surface area contributed by atoms with E-state index in [1.54, 1.807) is 19.5 Å². The second-order valence-corrected chi connectivity index (χ2v) is 7.14. The zero-order chi connectivity index (χ0) is 20.8. The average molecular weight is 407 g/mol. The van der Waals surface area contributed by atoms with Crippen molar-refractivity contribution in [1.29, 1.82) is 0 Å². The molecule has 8 heteroatoms. The Labute approximate surface area is 175 Å². The van der Waals surface area contributed by atoms with Gasteiger partial charge in [-0.2, -0.15) is 0 Å². The van der Waals surface area contributed by atoms with Gasteiger partial charge in [-0.3, -0.25) is 14.7 Å². The fourth-order valence-electron chi connectivity index (χ4n) is 3.43. The van der Waals surface area contributed by atoms with Crippen molar-refractivity contribution in [3.05, 3.63) is 72.2 Å². The number of ether oxygens (including phenoxy) is 1. The van der Waals surface area contributed by atoms with Crippen LogP contribution in [0, 0.1) is 0 Å². The van der Waals surface area contributed by atoms with Crippen molar-refractivity contribution in [1.82, 2.24) is 20.2 Å². The summed E-state index contributed by atoms with van der Waals surface area (Å²) in [6.07, 6.45) is 4.84. The number of hydrogen-bond acceptors (Lipinski definition) is 7.